The predicted molar refractivity (Wildman–Crippen MR) is 157 cm³/mol. The predicted octanol–water partition coefficient (Wildman–Crippen LogP) is 6.83. The molecule has 8 nitrogen and oxygen atoms in total. The van der Waals surface area contributed by atoms with E-state index >= 15 is 4.39 Å². The monoisotopic (exact) mass is 567 g/mol. The zero-order valence-electron chi connectivity index (χ0n) is 23.4. The molecule has 6 rings (SSSR count). The molecule has 0 spiro atoms. The molecule has 3 aromatic heterocycles. The number of hydrogen-bond donors (Lipinski definition) is 1. The Labute approximate surface area is 239 Å². The van der Waals surface area contributed by atoms with Crippen molar-refractivity contribution in [1.29, 1.82) is 0 Å². The van der Waals surface area contributed by atoms with Crippen LogP contribution < -0.4 is 15.9 Å². The van der Waals surface area contributed by atoms with E-state index in [-0.39, 0.29) is 34.4 Å². The van der Waals surface area contributed by atoms with E-state index in [0.717, 1.165) is 5.56 Å². The van der Waals surface area contributed by atoms with Gasteiger partial charge in [0.05, 0.1) is 22.4 Å². The van der Waals surface area contributed by atoms with Gasteiger partial charge in [-0.3, -0.25) is 4.79 Å². The lowest BCUT2D eigenvalue weighted by Gasteiger charge is -2.17. The lowest BCUT2D eigenvalue weighted by molar-refractivity contribution is 0.231. The van der Waals surface area contributed by atoms with Crippen molar-refractivity contribution in [3.63, 3.8) is 0 Å². The fraction of sp³-hybridized carbons (Fsp3) is 0.188. The van der Waals surface area contributed by atoms with Gasteiger partial charge in [-0.2, -0.15) is 5.10 Å². The summed E-state index contributed by atoms with van der Waals surface area (Å²) < 4.78 is 42.9. The highest BCUT2D eigenvalue weighted by molar-refractivity contribution is 5.98. The Kier molecular flexibility index (Phi) is 6.68. The van der Waals surface area contributed by atoms with E-state index in [9.17, 15) is 9.18 Å². The minimum atomic E-state index is -0.722. The molecule has 3 heterocycles. The van der Waals surface area contributed by atoms with Crippen LogP contribution >= 0.6 is 0 Å². The average molecular weight is 568 g/mol. The number of aromatic nitrogens is 4. The molecule has 42 heavy (non-hydrogen) atoms. The molecule has 0 amide bonds. The van der Waals surface area contributed by atoms with E-state index in [1.807, 2.05) is 26.8 Å². The van der Waals surface area contributed by atoms with Gasteiger partial charge in [0.15, 0.2) is 17.2 Å². The normalized spacial score (nSPS) is 12.4. The fourth-order valence-corrected chi connectivity index (χ4v) is 5.11. The van der Waals surface area contributed by atoms with Crippen molar-refractivity contribution in [2.75, 3.05) is 5.73 Å². The number of nitrogens with zero attached hydrogens (tertiary/aromatic N) is 4. The van der Waals surface area contributed by atoms with Gasteiger partial charge in [-0.05, 0) is 75.7 Å². The second kappa shape index (κ2) is 10.4. The Bertz CT molecular complexity index is 2050. The second-order valence-electron chi connectivity index (χ2n) is 10.4. The molecule has 0 radical (unpaired) electrons. The maximum atomic E-state index is 15.0. The van der Waals surface area contributed by atoms with Gasteiger partial charge in [-0.25, -0.2) is 23.4 Å². The van der Waals surface area contributed by atoms with E-state index in [2.05, 4.69) is 9.97 Å². The van der Waals surface area contributed by atoms with Gasteiger partial charge >= 0.3 is 0 Å². The Morgan fingerprint density at radius 3 is 2.52 bits per heavy atom. The second-order valence-corrected chi connectivity index (χ2v) is 10.4. The van der Waals surface area contributed by atoms with Gasteiger partial charge in [0.25, 0.3) is 0 Å². The van der Waals surface area contributed by atoms with Crippen molar-refractivity contribution >= 4 is 27.8 Å². The number of benzene rings is 3. The van der Waals surface area contributed by atoms with Crippen LogP contribution in [0.3, 0.4) is 0 Å². The van der Waals surface area contributed by atoms with E-state index in [1.165, 1.54) is 36.7 Å². The summed E-state index contributed by atoms with van der Waals surface area (Å²) in [5.41, 5.74) is 8.94. The topological polar surface area (TPSA) is 109 Å². The van der Waals surface area contributed by atoms with E-state index in [4.69, 9.17) is 20.0 Å². The molecule has 10 heteroatoms. The maximum absolute atomic E-state index is 15.0. The van der Waals surface area contributed by atoms with Gasteiger partial charge in [0.2, 0.25) is 5.43 Å². The van der Waals surface area contributed by atoms with Gasteiger partial charge in [-0.1, -0.05) is 23.8 Å². The number of aryl methyl sites for hydroxylation is 1. The van der Waals surface area contributed by atoms with Gasteiger partial charge < -0.3 is 14.9 Å². The first-order chi connectivity index (χ1) is 20.1. The molecule has 212 valence electrons. The first-order valence-corrected chi connectivity index (χ1v) is 13.4. The lowest BCUT2D eigenvalue weighted by atomic mass is 9.98. The molecule has 0 aliphatic carbocycles. The molecule has 0 bridgehead atoms. The number of anilines is 1. The minimum Gasteiger partial charge on any atom is -0.488 e. The summed E-state index contributed by atoms with van der Waals surface area (Å²) in [6.07, 6.45) is 1.10. The molecule has 3 aromatic carbocycles. The van der Waals surface area contributed by atoms with Crippen molar-refractivity contribution < 1.29 is 17.9 Å². The minimum absolute atomic E-state index is 0.114. The maximum Gasteiger partial charge on any atom is 0.200 e. The molecule has 0 unspecified atom stereocenters. The van der Waals surface area contributed by atoms with Crippen LogP contribution in [0.1, 0.15) is 38.1 Å². The lowest BCUT2D eigenvalue weighted by Crippen LogP contribution is -2.16. The average Bonchev–Trinajstić information content (AvgIpc) is 3.35. The van der Waals surface area contributed by atoms with Crippen molar-refractivity contribution in [2.24, 2.45) is 0 Å². The Morgan fingerprint density at radius 1 is 0.976 bits per heavy atom. The number of nitrogens with two attached hydrogens (primary N) is 1. The largest absolute Gasteiger partial charge is 0.488 e. The molecular formula is C32H27F2N5O3. The number of fused-ring (bicyclic) bond motifs is 2. The van der Waals surface area contributed by atoms with E-state index in [1.54, 1.807) is 35.9 Å². The van der Waals surface area contributed by atoms with Gasteiger partial charge in [0, 0.05) is 5.56 Å². The highest BCUT2D eigenvalue weighted by Gasteiger charge is 2.27. The summed E-state index contributed by atoms with van der Waals surface area (Å²) in [4.78, 5) is 22.5. The first kappa shape index (κ1) is 27.1. The molecule has 0 saturated heterocycles. The molecule has 2 N–H and O–H groups in total. The van der Waals surface area contributed by atoms with Crippen molar-refractivity contribution in [2.45, 2.75) is 39.8 Å². The summed E-state index contributed by atoms with van der Waals surface area (Å²) in [7, 11) is 0. The van der Waals surface area contributed by atoms with Crippen LogP contribution in [0.2, 0.25) is 0 Å². The van der Waals surface area contributed by atoms with Crippen LogP contribution in [0.25, 0.3) is 44.4 Å². The number of hydrogen-bond acceptors (Lipinski definition) is 7. The number of halogens is 2. The zero-order chi connectivity index (χ0) is 29.7. The van der Waals surface area contributed by atoms with Crippen LogP contribution in [-0.2, 0) is 0 Å². The standard InChI is InChI=1S/C32H27F2N5O3/c1-16(2)41-25-11-9-20(14-23(25)34)28-27-31(35)36-15-37-32(27)39(38-28)18(4)30-26(19-6-5-7-21(33)13-19)29(40)22-12-17(3)8-10-24(22)42-30/h5-16,18H,1-4H3,(H2,35,36,37)/t18-/m0/s1. The smallest absolute Gasteiger partial charge is 0.200 e. The fourth-order valence-electron chi connectivity index (χ4n) is 5.11. The van der Waals surface area contributed by atoms with Crippen LogP contribution in [0.15, 0.2) is 76.2 Å². The van der Waals surface area contributed by atoms with Crippen LogP contribution in [0.4, 0.5) is 14.6 Å². The highest BCUT2D eigenvalue weighted by Crippen LogP contribution is 2.37. The molecule has 1 atom stereocenters. The van der Waals surface area contributed by atoms with Crippen molar-refractivity contribution in [3.8, 4) is 28.1 Å². The van der Waals surface area contributed by atoms with Gasteiger partial charge in [0.1, 0.15) is 41.0 Å². The highest BCUT2D eigenvalue weighted by atomic mass is 19.1. The third kappa shape index (κ3) is 4.64. The van der Waals surface area contributed by atoms with Gasteiger partial charge in [-0.15, -0.1) is 0 Å². The molecule has 0 saturated carbocycles. The quantitative estimate of drug-likeness (QED) is 0.235. The molecule has 0 fully saturated rings. The SMILES string of the molecule is Cc1ccc2oc([C@H](C)n3nc(-c4ccc(OC(C)C)c(F)c4)c4c(N)ncnc43)c(-c3cccc(F)c3)c(=O)c2c1. The number of ether oxygens (including phenoxy) is 1. The third-order valence-electron chi connectivity index (χ3n) is 7.02. The van der Waals surface area contributed by atoms with E-state index in [0.29, 0.717) is 38.8 Å². The van der Waals surface area contributed by atoms with Crippen LogP contribution in [0.5, 0.6) is 5.75 Å². The molecular weight excluding hydrogens is 540 g/mol. The Hall–Kier alpha value is -5.12. The molecule has 0 aliphatic rings. The van der Waals surface area contributed by atoms with Crippen LogP contribution in [0, 0.1) is 18.6 Å². The number of rotatable bonds is 6. The van der Waals surface area contributed by atoms with Crippen molar-refractivity contribution in [3.05, 3.63) is 100 Å². The summed E-state index contributed by atoms with van der Waals surface area (Å²) in [6.45, 7) is 7.29. The Balaban J connectivity index is 1.59. The summed E-state index contributed by atoms with van der Waals surface area (Å²) in [5.74, 6) is -0.534. The third-order valence-corrected chi connectivity index (χ3v) is 7.02. The number of nitrogen functional groups attached to an aromatic ring is 1. The van der Waals surface area contributed by atoms with E-state index < -0.39 is 17.7 Å². The summed E-state index contributed by atoms with van der Waals surface area (Å²) in [5, 5.41) is 5.58. The van der Waals surface area contributed by atoms with Crippen molar-refractivity contribution in [1.82, 2.24) is 19.7 Å². The zero-order valence-corrected chi connectivity index (χ0v) is 23.4. The van der Waals surface area contributed by atoms with Crippen LogP contribution in [-0.4, -0.2) is 25.9 Å². The summed E-state index contributed by atoms with van der Waals surface area (Å²) >= 11 is 0. The first-order valence-electron chi connectivity index (χ1n) is 13.4. The Morgan fingerprint density at radius 2 is 1.79 bits per heavy atom. The molecule has 6 aromatic rings. The molecule has 0 aliphatic heterocycles. The summed E-state index contributed by atoms with van der Waals surface area (Å²) in [6, 6.07) is 14.9.